The summed E-state index contributed by atoms with van der Waals surface area (Å²) in [6, 6.07) is 0. The van der Waals surface area contributed by atoms with Gasteiger partial charge in [-0.05, 0) is 18.4 Å². The number of nitrogens with zero attached hydrogens (tertiary/aromatic N) is 2. The molecule has 3 N–H and O–H groups in total. The lowest BCUT2D eigenvalue weighted by Crippen LogP contribution is -2.24. The highest BCUT2D eigenvalue weighted by atomic mass is 32.1. The fourth-order valence-corrected chi connectivity index (χ4v) is 3.25. The number of fused-ring (bicyclic) bond motifs is 1. The Kier molecular flexibility index (Phi) is 4.76. The first-order valence-corrected chi connectivity index (χ1v) is 7.73. The molecular formula is C15H18N4OS. The van der Waals surface area contributed by atoms with Crippen LogP contribution in [0.1, 0.15) is 41.2 Å². The molecule has 2 heterocycles. The van der Waals surface area contributed by atoms with Crippen molar-refractivity contribution < 1.29 is 4.79 Å². The van der Waals surface area contributed by atoms with E-state index in [-0.39, 0.29) is 5.91 Å². The highest BCUT2D eigenvalue weighted by Gasteiger charge is 2.20. The van der Waals surface area contributed by atoms with Crippen LogP contribution >= 0.6 is 11.3 Å². The van der Waals surface area contributed by atoms with Crippen LogP contribution in [-0.4, -0.2) is 22.6 Å². The van der Waals surface area contributed by atoms with Crippen molar-refractivity contribution >= 4 is 33.1 Å². The Bertz CT molecular complexity index is 715. The van der Waals surface area contributed by atoms with E-state index in [1.165, 1.54) is 11.3 Å². The largest absolute Gasteiger partial charge is 0.397 e. The molecule has 0 saturated heterocycles. The zero-order valence-corrected chi connectivity index (χ0v) is 13.0. The van der Waals surface area contributed by atoms with Crippen molar-refractivity contribution in [3.8, 4) is 12.3 Å². The predicted octanol–water partition coefficient (Wildman–Crippen LogP) is 2.15. The summed E-state index contributed by atoms with van der Waals surface area (Å²) < 4.78 is 0. The van der Waals surface area contributed by atoms with Gasteiger partial charge >= 0.3 is 0 Å². The summed E-state index contributed by atoms with van der Waals surface area (Å²) >= 11 is 1.28. The number of nitrogens with one attached hydrogen (secondary N) is 1. The van der Waals surface area contributed by atoms with Crippen LogP contribution in [0.2, 0.25) is 0 Å². The number of terminal acetylenes is 1. The Morgan fingerprint density at radius 2 is 2.14 bits per heavy atom. The molecule has 0 aliphatic rings. The smallest absolute Gasteiger partial charge is 0.263 e. The van der Waals surface area contributed by atoms with Crippen molar-refractivity contribution in [2.75, 3.05) is 12.3 Å². The lowest BCUT2D eigenvalue weighted by molar-refractivity contribution is 0.0959. The number of thiophene rings is 1. The van der Waals surface area contributed by atoms with Crippen LogP contribution in [-0.2, 0) is 12.8 Å². The summed E-state index contributed by atoms with van der Waals surface area (Å²) in [5, 5.41) is 12.1. The molecule has 6 heteroatoms. The SMILES string of the molecule is C#CCCNC(=O)c1sc2nnc(CC)c(CC)c2c1N. The monoisotopic (exact) mass is 302 g/mol. The summed E-state index contributed by atoms with van der Waals surface area (Å²) in [5.41, 5.74) is 8.70. The van der Waals surface area contributed by atoms with Crippen LogP contribution in [0.4, 0.5) is 5.69 Å². The van der Waals surface area contributed by atoms with Crippen LogP contribution in [0.25, 0.3) is 10.2 Å². The lowest BCUT2D eigenvalue weighted by atomic mass is 10.1. The van der Waals surface area contributed by atoms with Gasteiger partial charge in [0, 0.05) is 18.4 Å². The lowest BCUT2D eigenvalue weighted by Gasteiger charge is -2.06. The van der Waals surface area contributed by atoms with E-state index in [9.17, 15) is 4.79 Å². The van der Waals surface area contributed by atoms with Gasteiger partial charge in [-0.25, -0.2) is 0 Å². The van der Waals surface area contributed by atoms with Crippen LogP contribution < -0.4 is 11.1 Å². The number of aryl methyl sites for hydroxylation is 2. The number of rotatable bonds is 5. The van der Waals surface area contributed by atoms with Gasteiger partial charge in [0.15, 0.2) is 0 Å². The van der Waals surface area contributed by atoms with Gasteiger partial charge in [-0.2, -0.15) is 5.10 Å². The average Bonchev–Trinajstić information content (AvgIpc) is 2.83. The third-order valence-corrected chi connectivity index (χ3v) is 4.38. The maximum Gasteiger partial charge on any atom is 0.263 e. The van der Waals surface area contributed by atoms with Gasteiger partial charge in [0.1, 0.15) is 9.71 Å². The molecule has 21 heavy (non-hydrogen) atoms. The van der Waals surface area contributed by atoms with Crippen LogP contribution in [0.5, 0.6) is 0 Å². The molecule has 0 atom stereocenters. The maximum atomic E-state index is 12.2. The van der Waals surface area contributed by atoms with Crippen molar-refractivity contribution in [3.63, 3.8) is 0 Å². The molecule has 0 radical (unpaired) electrons. The van der Waals surface area contributed by atoms with E-state index in [4.69, 9.17) is 12.2 Å². The molecule has 2 aromatic rings. The number of amides is 1. The topological polar surface area (TPSA) is 80.9 Å². The second-order valence-corrected chi connectivity index (χ2v) is 5.57. The fourth-order valence-electron chi connectivity index (χ4n) is 2.27. The molecule has 0 fully saturated rings. The number of nitrogens with two attached hydrogens (primary N) is 1. The second kappa shape index (κ2) is 6.55. The van der Waals surface area contributed by atoms with E-state index in [0.29, 0.717) is 28.4 Å². The summed E-state index contributed by atoms with van der Waals surface area (Å²) in [5.74, 6) is 2.28. The first-order chi connectivity index (χ1) is 10.1. The molecular weight excluding hydrogens is 284 g/mol. The average molecular weight is 302 g/mol. The van der Waals surface area contributed by atoms with Crippen molar-refractivity contribution in [2.45, 2.75) is 33.1 Å². The Hall–Kier alpha value is -2.13. The van der Waals surface area contributed by atoms with Crippen molar-refractivity contribution in [1.29, 1.82) is 0 Å². The van der Waals surface area contributed by atoms with E-state index in [0.717, 1.165) is 29.5 Å². The zero-order chi connectivity index (χ0) is 15.4. The molecule has 2 aromatic heterocycles. The number of anilines is 1. The Morgan fingerprint density at radius 1 is 1.38 bits per heavy atom. The molecule has 0 saturated carbocycles. The van der Waals surface area contributed by atoms with E-state index in [2.05, 4.69) is 28.4 Å². The van der Waals surface area contributed by atoms with Crippen LogP contribution in [0, 0.1) is 12.3 Å². The number of hydrogen-bond acceptors (Lipinski definition) is 5. The summed E-state index contributed by atoms with van der Waals surface area (Å²) in [6.07, 6.45) is 7.28. The van der Waals surface area contributed by atoms with Gasteiger partial charge < -0.3 is 11.1 Å². The van der Waals surface area contributed by atoms with E-state index in [1.807, 2.05) is 6.92 Å². The van der Waals surface area contributed by atoms with Gasteiger partial charge in [-0.3, -0.25) is 4.79 Å². The second-order valence-electron chi connectivity index (χ2n) is 4.57. The van der Waals surface area contributed by atoms with E-state index in [1.54, 1.807) is 0 Å². The Morgan fingerprint density at radius 3 is 2.76 bits per heavy atom. The summed E-state index contributed by atoms with van der Waals surface area (Å²) in [4.78, 5) is 13.4. The Balaban J connectivity index is 2.46. The van der Waals surface area contributed by atoms with Crippen molar-refractivity contribution in [2.24, 2.45) is 0 Å². The van der Waals surface area contributed by atoms with Crippen molar-refractivity contribution in [1.82, 2.24) is 15.5 Å². The highest BCUT2D eigenvalue weighted by molar-refractivity contribution is 7.21. The first-order valence-electron chi connectivity index (χ1n) is 6.92. The van der Waals surface area contributed by atoms with Crippen LogP contribution in [0.3, 0.4) is 0 Å². The van der Waals surface area contributed by atoms with Gasteiger partial charge in [0.25, 0.3) is 5.91 Å². The summed E-state index contributed by atoms with van der Waals surface area (Å²) in [6.45, 7) is 4.53. The molecule has 1 amide bonds. The number of nitrogen functional groups attached to an aromatic ring is 1. The predicted molar refractivity (Wildman–Crippen MR) is 86.4 cm³/mol. The minimum atomic E-state index is -0.203. The molecule has 0 spiro atoms. The Labute approximate surface area is 127 Å². The quantitative estimate of drug-likeness (QED) is 0.655. The molecule has 0 aromatic carbocycles. The minimum absolute atomic E-state index is 0.203. The molecule has 0 bridgehead atoms. The number of carbonyl (C=O) groups excluding carboxylic acids is 1. The number of carbonyl (C=O) groups is 1. The standard InChI is InChI=1S/C15H18N4OS/c1-4-7-8-17-14(20)13-12(16)11-9(5-2)10(6-3)18-19-15(11)21-13/h1H,5-8,16H2,2-3H3,(H,17,20). The molecule has 110 valence electrons. The molecule has 5 nitrogen and oxygen atoms in total. The molecule has 2 rings (SSSR count). The van der Waals surface area contributed by atoms with Gasteiger partial charge in [0.2, 0.25) is 0 Å². The van der Waals surface area contributed by atoms with Crippen LogP contribution in [0.15, 0.2) is 0 Å². The molecule has 0 unspecified atom stereocenters. The van der Waals surface area contributed by atoms with Crippen molar-refractivity contribution in [3.05, 3.63) is 16.1 Å². The first kappa shape index (κ1) is 15.3. The summed E-state index contributed by atoms with van der Waals surface area (Å²) in [7, 11) is 0. The molecule has 0 aliphatic heterocycles. The normalized spacial score (nSPS) is 10.5. The fraction of sp³-hybridized carbons (Fsp3) is 0.400. The third-order valence-electron chi connectivity index (χ3n) is 3.29. The van der Waals surface area contributed by atoms with Gasteiger partial charge in [-0.15, -0.1) is 28.8 Å². The third kappa shape index (κ3) is 2.83. The zero-order valence-electron chi connectivity index (χ0n) is 12.2. The number of hydrogen-bond donors (Lipinski definition) is 2. The van der Waals surface area contributed by atoms with E-state index >= 15 is 0 Å². The number of aromatic nitrogens is 2. The minimum Gasteiger partial charge on any atom is -0.397 e. The molecule has 0 aliphatic carbocycles. The van der Waals surface area contributed by atoms with Gasteiger partial charge in [0.05, 0.1) is 11.4 Å². The van der Waals surface area contributed by atoms with Gasteiger partial charge in [-0.1, -0.05) is 13.8 Å². The van der Waals surface area contributed by atoms with E-state index < -0.39 is 0 Å². The highest BCUT2D eigenvalue weighted by Crippen LogP contribution is 2.35. The maximum absolute atomic E-state index is 12.2.